The summed E-state index contributed by atoms with van der Waals surface area (Å²) in [7, 11) is 0. The van der Waals surface area contributed by atoms with Crippen molar-refractivity contribution in [3.63, 3.8) is 0 Å². The van der Waals surface area contributed by atoms with E-state index in [1.165, 1.54) is 12.3 Å². The van der Waals surface area contributed by atoms with E-state index in [2.05, 4.69) is 10.3 Å². The molecule has 2 heterocycles. The quantitative estimate of drug-likeness (QED) is 0.749. The van der Waals surface area contributed by atoms with Crippen LogP contribution in [0.15, 0.2) is 12.3 Å². The molecule has 1 aromatic heterocycles. The summed E-state index contributed by atoms with van der Waals surface area (Å²) in [4.78, 5) is 28.5. The Kier molecular flexibility index (Phi) is 3.05. The number of nitrogens with zero attached hydrogens (tertiary/aromatic N) is 2. The standard InChI is InChI=1S/C12H15N3O4/c1-12(2,3)19-11(18)15-6-7-4-8(16)5-13-9(7)14-10(15)17/h4-5,16H,6H2,1-3H3,(H,13,14,17). The van der Waals surface area contributed by atoms with Crippen LogP contribution in [0.5, 0.6) is 5.75 Å². The third-order valence-corrected chi connectivity index (χ3v) is 2.37. The van der Waals surface area contributed by atoms with E-state index < -0.39 is 17.7 Å². The summed E-state index contributed by atoms with van der Waals surface area (Å²) >= 11 is 0. The molecule has 1 aliphatic rings. The molecule has 0 saturated carbocycles. The highest BCUT2D eigenvalue weighted by atomic mass is 16.6. The van der Waals surface area contributed by atoms with E-state index in [1.807, 2.05) is 0 Å². The average molecular weight is 265 g/mol. The zero-order chi connectivity index (χ0) is 14.2. The molecule has 2 rings (SSSR count). The smallest absolute Gasteiger partial charge is 0.418 e. The molecule has 0 unspecified atom stereocenters. The van der Waals surface area contributed by atoms with Gasteiger partial charge >= 0.3 is 12.1 Å². The van der Waals surface area contributed by atoms with Gasteiger partial charge in [0.25, 0.3) is 0 Å². The number of hydrogen-bond acceptors (Lipinski definition) is 5. The first kappa shape index (κ1) is 13.1. The summed E-state index contributed by atoms with van der Waals surface area (Å²) in [6.45, 7) is 5.16. The van der Waals surface area contributed by atoms with Gasteiger partial charge in [-0.15, -0.1) is 0 Å². The van der Waals surface area contributed by atoms with Gasteiger partial charge in [0.15, 0.2) is 0 Å². The largest absolute Gasteiger partial charge is 0.506 e. The van der Waals surface area contributed by atoms with Crippen molar-refractivity contribution in [3.05, 3.63) is 17.8 Å². The molecule has 0 aromatic carbocycles. The van der Waals surface area contributed by atoms with E-state index in [9.17, 15) is 14.7 Å². The molecule has 0 atom stereocenters. The molecule has 7 heteroatoms. The van der Waals surface area contributed by atoms with Gasteiger partial charge in [0.2, 0.25) is 0 Å². The Hall–Kier alpha value is -2.31. The predicted molar refractivity (Wildman–Crippen MR) is 66.7 cm³/mol. The molecule has 0 saturated heterocycles. The molecule has 0 spiro atoms. The zero-order valence-electron chi connectivity index (χ0n) is 10.9. The molecular formula is C12H15N3O4. The predicted octanol–water partition coefficient (Wildman–Crippen LogP) is 2.07. The van der Waals surface area contributed by atoms with Crippen molar-refractivity contribution in [1.82, 2.24) is 9.88 Å². The van der Waals surface area contributed by atoms with Crippen LogP contribution in [0.1, 0.15) is 26.3 Å². The first-order valence-corrected chi connectivity index (χ1v) is 5.75. The van der Waals surface area contributed by atoms with Crippen LogP contribution in [0.4, 0.5) is 15.4 Å². The normalized spacial score (nSPS) is 14.7. The summed E-state index contributed by atoms with van der Waals surface area (Å²) < 4.78 is 5.14. The van der Waals surface area contributed by atoms with E-state index in [4.69, 9.17) is 4.74 Å². The molecule has 0 bridgehead atoms. The van der Waals surface area contributed by atoms with Gasteiger partial charge in [-0.25, -0.2) is 19.5 Å². The number of imide groups is 1. The van der Waals surface area contributed by atoms with Crippen LogP contribution in [-0.2, 0) is 11.3 Å². The molecule has 7 nitrogen and oxygen atoms in total. The van der Waals surface area contributed by atoms with Gasteiger partial charge in [-0.2, -0.15) is 0 Å². The molecule has 19 heavy (non-hydrogen) atoms. The number of fused-ring (bicyclic) bond motifs is 1. The van der Waals surface area contributed by atoms with E-state index in [0.29, 0.717) is 11.4 Å². The van der Waals surface area contributed by atoms with Gasteiger partial charge in [0.1, 0.15) is 17.2 Å². The number of aromatic hydroxyl groups is 1. The molecule has 102 valence electrons. The lowest BCUT2D eigenvalue weighted by Crippen LogP contribution is -2.45. The number of anilines is 1. The summed E-state index contributed by atoms with van der Waals surface area (Å²) in [5.74, 6) is 0.307. The van der Waals surface area contributed by atoms with E-state index in [1.54, 1.807) is 20.8 Å². The topological polar surface area (TPSA) is 91.8 Å². The lowest BCUT2D eigenvalue weighted by Gasteiger charge is -2.29. The fourth-order valence-electron chi connectivity index (χ4n) is 1.61. The minimum Gasteiger partial charge on any atom is -0.506 e. The number of aromatic nitrogens is 1. The maximum absolute atomic E-state index is 11.9. The second-order valence-electron chi connectivity index (χ2n) is 5.20. The van der Waals surface area contributed by atoms with Gasteiger partial charge in [-0.3, -0.25) is 5.32 Å². The third kappa shape index (κ3) is 2.93. The van der Waals surface area contributed by atoms with Gasteiger partial charge < -0.3 is 9.84 Å². The number of nitrogens with one attached hydrogen (secondary N) is 1. The summed E-state index contributed by atoms with van der Waals surface area (Å²) in [6, 6.07) is 0.846. The van der Waals surface area contributed by atoms with Crippen molar-refractivity contribution in [1.29, 1.82) is 0 Å². The second kappa shape index (κ2) is 4.42. The van der Waals surface area contributed by atoms with E-state index >= 15 is 0 Å². The van der Waals surface area contributed by atoms with Crippen LogP contribution in [0.25, 0.3) is 0 Å². The van der Waals surface area contributed by atoms with Crippen molar-refractivity contribution < 1.29 is 19.4 Å². The highest BCUT2D eigenvalue weighted by molar-refractivity contribution is 6.00. The van der Waals surface area contributed by atoms with Crippen molar-refractivity contribution >= 4 is 17.9 Å². The summed E-state index contributed by atoms with van der Waals surface area (Å²) in [5, 5.41) is 11.8. The SMILES string of the molecule is CC(C)(C)OC(=O)N1Cc2cc(O)cnc2NC1=O. The van der Waals surface area contributed by atoms with E-state index in [-0.39, 0.29) is 12.3 Å². The number of carbonyl (C=O) groups excluding carboxylic acids is 2. The van der Waals surface area contributed by atoms with Crippen molar-refractivity contribution in [2.75, 3.05) is 5.32 Å². The van der Waals surface area contributed by atoms with E-state index in [0.717, 1.165) is 4.90 Å². The van der Waals surface area contributed by atoms with Crippen LogP contribution >= 0.6 is 0 Å². The van der Waals surface area contributed by atoms with Crippen LogP contribution in [0.2, 0.25) is 0 Å². The maximum Gasteiger partial charge on any atom is 0.418 e. The Morgan fingerprint density at radius 1 is 1.53 bits per heavy atom. The Morgan fingerprint density at radius 2 is 2.21 bits per heavy atom. The van der Waals surface area contributed by atoms with Gasteiger partial charge in [-0.05, 0) is 26.8 Å². The molecular weight excluding hydrogens is 250 g/mol. The fraction of sp³-hybridized carbons (Fsp3) is 0.417. The highest BCUT2D eigenvalue weighted by Crippen LogP contribution is 2.25. The van der Waals surface area contributed by atoms with Crippen LogP contribution in [0, 0.1) is 0 Å². The Bertz CT molecular complexity index is 536. The lowest BCUT2D eigenvalue weighted by molar-refractivity contribution is 0.0316. The number of pyridine rings is 1. The number of carbonyl (C=O) groups is 2. The van der Waals surface area contributed by atoms with Gasteiger partial charge in [0, 0.05) is 5.56 Å². The molecule has 1 aliphatic heterocycles. The first-order valence-electron chi connectivity index (χ1n) is 5.75. The molecule has 0 radical (unpaired) electrons. The summed E-state index contributed by atoms with van der Waals surface area (Å²) in [6.07, 6.45) is 0.487. The molecule has 0 fully saturated rings. The van der Waals surface area contributed by atoms with Crippen molar-refractivity contribution in [2.24, 2.45) is 0 Å². The minimum atomic E-state index is -0.737. The molecule has 0 aliphatic carbocycles. The summed E-state index contributed by atoms with van der Waals surface area (Å²) in [5.41, 5.74) is -0.139. The zero-order valence-corrected chi connectivity index (χ0v) is 10.9. The second-order valence-corrected chi connectivity index (χ2v) is 5.20. The Labute approximate surface area is 110 Å². The fourth-order valence-corrected chi connectivity index (χ4v) is 1.61. The lowest BCUT2D eigenvalue weighted by atomic mass is 10.2. The number of ether oxygens (including phenoxy) is 1. The van der Waals surface area contributed by atoms with Crippen LogP contribution in [0.3, 0.4) is 0 Å². The molecule has 1 aromatic rings. The molecule has 2 N–H and O–H groups in total. The monoisotopic (exact) mass is 265 g/mol. The van der Waals surface area contributed by atoms with Gasteiger partial charge in [-0.1, -0.05) is 0 Å². The molecule has 3 amide bonds. The number of hydrogen-bond donors (Lipinski definition) is 2. The Morgan fingerprint density at radius 3 is 2.84 bits per heavy atom. The number of rotatable bonds is 0. The average Bonchev–Trinajstić information content (AvgIpc) is 2.26. The minimum absolute atomic E-state index is 0.0114. The Balaban J connectivity index is 2.21. The van der Waals surface area contributed by atoms with Gasteiger partial charge in [0.05, 0.1) is 12.7 Å². The first-order chi connectivity index (χ1) is 8.76. The maximum atomic E-state index is 11.9. The highest BCUT2D eigenvalue weighted by Gasteiger charge is 2.32. The number of amides is 3. The van der Waals surface area contributed by atoms with Crippen molar-refractivity contribution in [3.8, 4) is 5.75 Å². The van der Waals surface area contributed by atoms with Crippen molar-refractivity contribution in [2.45, 2.75) is 32.9 Å². The van der Waals surface area contributed by atoms with Crippen LogP contribution in [-0.4, -0.2) is 32.7 Å². The number of urea groups is 1. The third-order valence-electron chi connectivity index (χ3n) is 2.37. The van der Waals surface area contributed by atoms with Crippen LogP contribution < -0.4 is 5.32 Å².